The molecule has 0 saturated heterocycles. The number of nitrogens with one attached hydrogen (secondary N) is 1. The van der Waals surface area contributed by atoms with Crippen LogP contribution in [-0.2, 0) is 0 Å². The van der Waals surface area contributed by atoms with E-state index in [0.717, 1.165) is 0 Å². The van der Waals surface area contributed by atoms with Crippen LogP contribution in [0.4, 0.5) is 0 Å². The number of ketones is 1. The Morgan fingerprint density at radius 2 is 2.00 bits per heavy atom. The summed E-state index contributed by atoms with van der Waals surface area (Å²) < 4.78 is 0. The summed E-state index contributed by atoms with van der Waals surface area (Å²) in [7, 11) is 0. The van der Waals surface area contributed by atoms with Gasteiger partial charge in [-0.3, -0.25) is 9.89 Å². The third-order valence-corrected chi connectivity index (χ3v) is 2.68. The van der Waals surface area contributed by atoms with E-state index in [9.17, 15) is 4.79 Å². The fourth-order valence-corrected chi connectivity index (χ4v) is 1.48. The smallest absolute Gasteiger partial charge is 0.196 e. The normalized spacial score (nSPS) is 10.3. The Morgan fingerprint density at radius 1 is 1.20 bits per heavy atom. The van der Waals surface area contributed by atoms with Gasteiger partial charge in [0.15, 0.2) is 5.78 Å². The highest BCUT2D eigenvalue weighted by Gasteiger charge is 2.11. The van der Waals surface area contributed by atoms with Gasteiger partial charge in [-0.15, -0.1) is 0 Å². The molecule has 1 N–H and O–H groups in total. The molecule has 2 rings (SSSR count). The molecule has 5 heteroatoms. The van der Waals surface area contributed by atoms with Gasteiger partial charge in [0, 0.05) is 11.8 Å². The first-order valence-electron chi connectivity index (χ1n) is 4.17. The molecule has 1 heterocycles. The Kier molecular flexibility index (Phi) is 2.75. The first-order valence-corrected chi connectivity index (χ1v) is 4.92. The van der Waals surface area contributed by atoms with Gasteiger partial charge in [-0.2, -0.15) is 5.10 Å². The third kappa shape index (κ3) is 2.03. The highest BCUT2D eigenvalue weighted by molar-refractivity contribution is 6.42. The van der Waals surface area contributed by atoms with Crippen LogP contribution in [0, 0.1) is 0 Å². The van der Waals surface area contributed by atoms with Crippen LogP contribution in [0.1, 0.15) is 15.9 Å². The average Bonchev–Trinajstić information content (AvgIpc) is 2.74. The Hall–Kier alpha value is -1.32. The van der Waals surface area contributed by atoms with Crippen LogP contribution >= 0.6 is 23.2 Å². The predicted molar refractivity (Wildman–Crippen MR) is 58.5 cm³/mol. The van der Waals surface area contributed by atoms with Crippen molar-refractivity contribution in [1.82, 2.24) is 10.2 Å². The summed E-state index contributed by atoms with van der Waals surface area (Å²) in [6.45, 7) is 0. The van der Waals surface area contributed by atoms with Gasteiger partial charge in [0.2, 0.25) is 0 Å². The van der Waals surface area contributed by atoms with E-state index in [1.165, 1.54) is 12.4 Å². The van der Waals surface area contributed by atoms with Gasteiger partial charge in [-0.05, 0) is 18.2 Å². The number of H-pyrrole nitrogens is 1. The Labute approximate surface area is 96.0 Å². The highest BCUT2D eigenvalue weighted by Crippen LogP contribution is 2.23. The number of aromatic amines is 1. The third-order valence-electron chi connectivity index (χ3n) is 1.94. The lowest BCUT2D eigenvalue weighted by Gasteiger charge is -2.00. The molecule has 1 aromatic carbocycles. The van der Waals surface area contributed by atoms with Gasteiger partial charge in [-0.1, -0.05) is 23.2 Å². The molecule has 0 radical (unpaired) electrons. The first-order chi connectivity index (χ1) is 7.18. The molecule has 0 amide bonds. The summed E-state index contributed by atoms with van der Waals surface area (Å²) in [6, 6.07) is 4.76. The van der Waals surface area contributed by atoms with E-state index >= 15 is 0 Å². The van der Waals surface area contributed by atoms with Gasteiger partial charge in [0.25, 0.3) is 0 Å². The van der Waals surface area contributed by atoms with Crippen molar-refractivity contribution >= 4 is 29.0 Å². The van der Waals surface area contributed by atoms with Crippen molar-refractivity contribution in [2.45, 2.75) is 0 Å². The minimum absolute atomic E-state index is 0.137. The number of aromatic nitrogens is 2. The summed E-state index contributed by atoms with van der Waals surface area (Å²) >= 11 is 11.6. The van der Waals surface area contributed by atoms with Crippen molar-refractivity contribution in [2.24, 2.45) is 0 Å². The van der Waals surface area contributed by atoms with E-state index < -0.39 is 0 Å². The van der Waals surface area contributed by atoms with Gasteiger partial charge < -0.3 is 0 Å². The Balaban J connectivity index is 2.39. The molecule has 3 nitrogen and oxygen atoms in total. The average molecular weight is 241 g/mol. The lowest BCUT2D eigenvalue weighted by molar-refractivity contribution is 0.103. The number of nitrogens with zero attached hydrogens (tertiary/aromatic N) is 1. The molecule has 0 aliphatic carbocycles. The van der Waals surface area contributed by atoms with E-state index in [4.69, 9.17) is 23.2 Å². The van der Waals surface area contributed by atoms with Crippen molar-refractivity contribution in [3.63, 3.8) is 0 Å². The van der Waals surface area contributed by atoms with Crippen LogP contribution < -0.4 is 0 Å². The number of hydrogen-bond donors (Lipinski definition) is 1. The second-order valence-electron chi connectivity index (χ2n) is 2.94. The number of hydrogen-bond acceptors (Lipinski definition) is 2. The number of halogens is 2. The maximum Gasteiger partial charge on any atom is 0.196 e. The fourth-order valence-electron chi connectivity index (χ4n) is 1.18. The zero-order chi connectivity index (χ0) is 10.8. The van der Waals surface area contributed by atoms with Gasteiger partial charge >= 0.3 is 0 Å². The summed E-state index contributed by atoms with van der Waals surface area (Å²) in [6.07, 6.45) is 3.00. The Morgan fingerprint density at radius 3 is 2.60 bits per heavy atom. The molecule has 15 heavy (non-hydrogen) atoms. The van der Waals surface area contributed by atoms with E-state index in [0.29, 0.717) is 21.2 Å². The second kappa shape index (κ2) is 4.04. The zero-order valence-corrected chi connectivity index (χ0v) is 9.01. The minimum Gasteiger partial charge on any atom is -0.288 e. The molecule has 0 bridgehead atoms. The first kappa shape index (κ1) is 10.2. The van der Waals surface area contributed by atoms with Gasteiger partial charge in [-0.25, -0.2) is 0 Å². The maximum absolute atomic E-state index is 11.8. The van der Waals surface area contributed by atoms with Crippen LogP contribution in [-0.4, -0.2) is 16.0 Å². The van der Waals surface area contributed by atoms with Crippen molar-refractivity contribution in [3.05, 3.63) is 51.8 Å². The highest BCUT2D eigenvalue weighted by atomic mass is 35.5. The SMILES string of the molecule is O=C(c1cn[nH]c1)c1ccc(Cl)c(Cl)c1. The van der Waals surface area contributed by atoms with Crippen molar-refractivity contribution < 1.29 is 4.79 Å². The molecule has 0 atom stereocenters. The van der Waals surface area contributed by atoms with Crippen LogP contribution in [0.2, 0.25) is 10.0 Å². The number of benzene rings is 1. The molecular formula is C10H6Cl2N2O. The molecule has 2 aromatic rings. The minimum atomic E-state index is -0.137. The van der Waals surface area contributed by atoms with Gasteiger partial charge in [0.05, 0.1) is 21.8 Å². The molecule has 0 fully saturated rings. The van der Waals surface area contributed by atoms with Gasteiger partial charge in [0.1, 0.15) is 0 Å². The zero-order valence-electron chi connectivity index (χ0n) is 7.50. The second-order valence-corrected chi connectivity index (χ2v) is 3.76. The molecule has 0 spiro atoms. The predicted octanol–water partition coefficient (Wildman–Crippen LogP) is 2.95. The largest absolute Gasteiger partial charge is 0.288 e. The maximum atomic E-state index is 11.8. The summed E-state index contributed by atoms with van der Waals surface area (Å²) in [5.74, 6) is -0.137. The summed E-state index contributed by atoms with van der Waals surface area (Å²) in [5, 5.41) is 7.08. The standard InChI is InChI=1S/C10H6Cl2N2O/c11-8-2-1-6(3-9(8)12)10(15)7-4-13-14-5-7/h1-5H,(H,13,14). The van der Waals surface area contributed by atoms with E-state index in [1.807, 2.05) is 0 Å². The monoisotopic (exact) mass is 240 g/mol. The van der Waals surface area contributed by atoms with Crippen molar-refractivity contribution in [1.29, 1.82) is 0 Å². The number of rotatable bonds is 2. The molecule has 1 aromatic heterocycles. The molecule has 76 valence electrons. The summed E-state index contributed by atoms with van der Waals surface area (Å²) in [4.78, 5) is 11.8. The fraction of sp³-hybridized carbons (Fsp3) is 0. The van der Waals surface area contributed by atoms with E-state index in [-0.39, 0.29) is 5.78 Å². The Bertz CT molecular complexity index is 494. The van der Waals surface area contributed by atoms with Crippen LogP contribution in [0.3, 0.4) is 0 Å². The topological polar surface area (TPSA) is 45.8 Å². The van der Waals surface area contributed by atoms with E-state index in [2.05, 4.69) is 10.2 Å². The lowest BCUT2D eigenvalue weighted by Crippen LogP contribution is -1.99. The number of carbonyl (C=O) groups excluding carboxylic acids is 1. The molecule has 0 saturated carbocycles. The lowest BCUT2D eigenvalue weighted by atomic mass is 10.1. The molecule has 0 aliphatic rings. The van der Waals surface area contributed by atoms with E-state index in [1.54, 1.807) is 18.2 Å². The molecule has 0 aliphatic heterocycles. The van der Waals surface area contributed by atoms with Crippen molar-refractivity contribution in [2.75, 3.05) is 0 Å². The molecule has 0 unspecified atom stereocenters. The van der Waals surface area contributed by atoms with Crippen LogP contribution in [0.15, 0.2) is 30.6 Å². The van der Waals surface area contributed by atoms with Crippen LogP contribution in [0.5, 0.6) is 0 Å². The molecular weight excluding hydrogens is 235 g/mol. The van der Waals surface area contributed by atoms with Crippen LogP contribution in [0.25, 0.3) is 0 Å². The van der Waals surface area contributed by atoms with Crippen molar-refractivity contribution in [3.8, 4) is 0 Å². The quantitative estimate of drug-likeness (QED) is 0.821. The number of carbonyl (C=O) groups is 1. The summed E-state index contributed by atoms with van der Waals surface area (Å²) in [5.41, 5.74) is 0.985.